The highest BCUT2D eigenvalue weighted by Gasteiger charge is 2.31. The van der Waals surface area contributed by atoms with Crippen molar-refractivity contribution in [2.45, 2.75) is 25.6 Å². The van der Waals surface area contributed by atoms with Gasteiger partial charge < -0.3 is 14.4 Å². The lowest BCUT2D eigenvalue weighted by Gasteiger charge is -2.32. The molecule has 0 radical (unpaired) electrons. The summed E-state index contributed by atoms with van der Waals surface area (Å²) >= 11 is 0. The van der Waals surface area contributed by atoms with Gasteiger partial charge in [-0.1, -0.05) is 48.5 Å². The van der Waals surface area contributed by atoms with Gasteiger partial charge in [0, 0.05) is 12.7 Å². The van der Waals surface area contributed by atoms with E-state index in [1.807, 2.05) is 72.8 Å². The quantitative estimate of drug-likeness (QED) is 0.585. The molecule has 4 rings (SSSR count). The number of hydrogen-bond acceptors (Lipinski definition) is 5. The first-order valence-electron chi connectivity index (χ1n) is 9.86. The topological polar surface area (TPSA) is 68.7 Å². The molecule has 30 heavy (non-hydrogen) atoms. The second-order valence-electron chi connectivity index (χ2n) is 7.00. The number of fused-ring (bicyclic) bond motifs is 1. The lowest BCUT2D eigenvalue weighted by atomic mass is 10.1. The van der Waals surface area contributed by atoms with Crippen LogP contribution >= 0.6 is 0 Å². The third-order valence-electron chi connectivity index (χ3n) is 4.92. The number of carbonyl (C=O) groups is 2. The number of anilines is 1. The number of ether oxygens (including phenoxy) is 2. The van der Waals surface area contributed by atoms with E-state index < -0.39 is 18.2 Å². The summed E-state index contributed by atoms with van der Waals surface area (Å²) in [6.07, 6.45) is 0.528. The number of para-hydroxylation sites is 2. The maximum Gasteiger partial charge on any atom is 0.308 e. The van der Waals surface area contributed by atoms with E-state index in [0.29, 0.717) is 17.1 Å². The van der Waals surface area contributed by atoms with E-state index in [-0.39, 0.29) is 18.9 Å². The van der Waals surface area contributed by atoms with Crippen LogP contribution in [0, 0.1) is 0 Å². The summed E-state index contributed by atoms with van der Waals surface area (Å²) in [5.74, 6) is 0.0541. The Balaban J connectivity index is 1.49. The number of hydrogen-bond donors (Lipinski definition) is 0. The van der Waals surface area contributed by atoms with Crippen LogP contribution in [-0.2, 0) is 14.3 Å². The van der Waals surface area contributed by atoms with Gasteiger partial charge in [0.2, 0.25) is 0 Å². The third-order valence-corrected chi connectivity index (χ3v) is 4.92. The minimum atomic E-state index is -0.605. The molecule has 0 spiro atoms. The van der Waals surface area contributed by atoms with Gasteiger partial charge in [0.25, 0.3) is 5.91 Å². The first-order chi connectivity index (χ1) is 14.6. The first kappa shape index (κ1) is 19.6. The summed E-state index contributed by atoms with van der Waals surface area (Å²) in [5, 5.41) is 0. The number of aromatic nitrogens is 1. The highest BCUT2D eigenvalue weighted by molar-refractivity contribution is 6.00. The van der Waals surface area contributed by atoms with Crippen LogP contribution in [0.5, 0.6) is 5.75 Å². The van der Waals surface area contributed by atoms with Crippen molar-refractivity contribution in [3.63, 3.8) is 0 Å². The fourth-order valence-electron chi connectivity index (χ4n) is 3.44. The molecule has 2 atom stereocenters. The van der Waals surface area contributed by atoms with Crippen molar-refractivity contribution in [2.24, 2.45) is 0 Å². The van der Waals surface area contributed by atoms with Crippen molar-refractivity contribution >= 4 is 17.6 Å². The average molecular weight is 402 g/mol. The Morgan fingerprint density at radius 2 is 1.80 bits per heavy atom. The molecule has 1 aromatic heterocycles. The Hall–Kier alpha value is -3.67. The molecular weight excluding hydrogens is 380 g/mol. The Morgan fingerprint density at radius 1 is 1.07 bits per heavy atom. The van der Waals surface area contributed by atoms with Crippen molar-refractivity contribution < 1.29 is 19.1 Å². The van der Waals surface area contributed by atoms with Crippen LogP contribution in [0.1, 0.15) is 30.7 Å². The summed E-state index contributed by atoms with van der Waals surface area (Å²) < 4.78 is 11.4. The van der Waals surface area contributed by atoms with Gasteiger partial charge in [-0.15, -0.1) is 0 Å². The maximum absolute atomic E-state index is 12.7. The zero-order valence-electron chi connectivity index (χ0n) is 16.6. The minimum absolute atomic E-state index is 0.0585. The number of rotatable bonds is 6. The van der Waals surface area contributed by atoms with Gasteiger partial charge in [0.15, 0.2) is 12.2 Å². The van der Waals surface area contributed by atoms with Crippen molar-refractivity contribution in [3.05, 3.63) is 90.3 Å². The molecule has 0 N–H and O–H groups in total. The molecule has 0 aliphatic carbocycles. The monoisotopic (exact) mass is 402 g/mol. The van der Waals surface area contributed by atoms with Gasteiger partial charge in [-0.3, -0.25) is 14.6 Å². The zero-order chi connectivity index (χ0) is 20.9. The number of benzene rings is 2. The van der Waals surface area contributed by atoms with Crippen LogP contribution in [0.3, 0.4) is 0 Å². The van der Waals surface area contributed by atoms with Crippen LogP contribution < -0.4 is 9.64 Å². The largest absolute Gasteiger partial charge is 0.479 e. The summed E-state index contributed by atoms with van der Waals surface area (Å²) in [6.45, 7) is 1.92. The molecule has 2 aromatic carbocycles. The maximum atomic E-state index is 12.7. The Kier molecular flexibility index (Phi) is 5.75. The molecule has 1 aliphatic rings. The molecular formula is C24H22N2O4. The molecule has 0 fully saturated rings. The summed E-state index contributed by atoms with van der Waals surface area (Å²) in [7, 11) is 0. The molecule has 0 saturated carbocycles. The van der Waals surface area contributed by atoms with E-state index in [9.17, 15) is 9.59 Å². The molecule has 152 valence electrons. The fraction of sp³-hybridized carbons (Fsp3) is 0.208. The lowest BCUT2D eigenvalue weighted by molar-refractivity contribution is -0.147. The van der Waals surface area contributed by atoms with Gasteiger partial charge in [-0.2, -0.15) is 0 Å². The van der Waals surface area contributed by atoms with E-state index in [2.05, 4.69) is 4.98 Å². The number of amides is 1. The van der Waals surface area contributed by atoms with Crippen molar-refractivity contribution in [1.82, 2.24) is 4.98 Å². The van der Waals surface area contributed by atoms with Crippen LogP contribution in [-0.4, -0.2) is 29.5 Å². The van der Waals surface area contributed by atoms with Crippen LogP contribution in [0.4, 0.5) is 5.69 Å². The van der Waals surface area contributed by atoms with Crippen LogP contribution in [0.25, 0.3) is 0 Å². The highest BCUT2D eigenvalue weighted by atomic mass is 16.5. The molecule has 6 heteroatoms. The predicted octanol–water partition coefficient (Wildman–Crippen LogP) is 3.92. The summed E-state index contributed by atoms with van der Waals surface area (Å²) in [5.41, 5.74) is 2.15. The van der Waals surface area contributed by atoms with E-state index in [1.165, 1.54) is 0 Å². The van der Waals surface area contributed by atoms with E-state index in [1.54, 1.807) is 18.0 Å². The van der Waals surface area contributed by atoms with Gasteiger partial charge in [0.1, 0.15) is 5.75 Å². The van der Waals surface area contributed by atoms with E-state index in [0.717, 1.165) is 5.56 Å². The summed E-state index contributed by atoms with van der Waals surface area (Å²) in [4.78, 5) is 31.3. The van der Waals surface area contributed by atoms with Crippen molar-refractivity contribution in [3.8, 4) is 5.75 Å². The Morgan fingerprint density at radius 3 is 2.57 bits per heavy atom. The Bertz CT molecular complexity index is 984. The number of esters is 1. The molecule has 1 aliphatic heterocycles. The van der Waals surface area contributed by atoms with Gasteiger partial charge in [-0.05, 0) is 36.8 Å². The standard InChI is InChI=1S/C24H22N2O4/c1-17-24(28)26(20-12-5-6-13-21(20)29-17)16-14-22(27)30-23(18-9-3-2-4-10-18)19-11-7-8-15-25-19/h2-13,15,17,23H,14,16H2,1H3. The first-order valence-corrected chi connectivity index (χ1v) is 9.86. The molecule has 1 amide bonds. The summed E-state index contributed by atoms with van der Waals surface area (Å²) in [6, 6.07) is 22.3. The second kappa shape index (κ2) is 8.78. The molecule has 0 bridgehead atoms. The van der Waals surface area contributed by atoms with Crippen molar-refractivity contribution in [1.29, 1.82) is 0 Å². The van der Waals surface area contributed by atoms with Crippen LogP contribution in [0.2, 0.25) is 0 Å². The molecule has 6 nitrogen and oxygen atoms in total. The molecule has 3 aromatic rings. The zero-order valence-corrected chi connectivity index (χ0v) is 16.6. The van der Waals surface area contributed by atoms with Gasteiger partial charge in [-0.25, -0.2) is 0 Å². The molecule has 2 heterocycles. The normalized spacial score (nSPS) is 16.4. The highest BCUT2D eigenvalue weighted by Crippen LogP contribution is 2.34. The van der Waals surface area contributed by atoms with E-state index in [4.69, 9.17) is 9.47 Å². The number of pyridine rings is 1. The smallest absolute Gasteiger partial charge is 0.308 e. The van der Waals surface area contributed by atoms with Gasteiger partial charge in [0.05, 0.1) is 17.8 Å². The average Bonchev–Trinajstić information content (AvgIpc) is 2.79. The second-order valence-corrected chi connectivity index (χ2v) is 7.00. The van der Waals surface area contributed by atoms with Crippen LogP contribution in [0.15, 0.2) is 79.0 Å². The molecule has 0 saturated heterocycles. The minimum Gasteiger partial charge on any atom is -0.479 e. The number of nitrogens with zero attached hydrogens (tertiary/aromatic N) is 2. The fourth-order valence-corrected chi connectivity index (χ4v) is 3.44. The molecule has 2 unspecified atom stereocenters. The van der Waals surface area contributed by atoms with E-state index >= 15 is 0 Å². The number of carbonyl (C=O) groups excluding carboxylic acids is 2. The van der Waals surface area contributed by atoms with Gasteiger partial charge >= 0.3 is 5.97 Å². The third kappa shape index (κ3) is 4.17. The predicted molar refractivity (Wildman–Crippen MR) is 112 cm³/mol. The lowest BCUT2D eigenvalue weighted by Crippen LogP contribution is -2.45. The SMILES string of the molecule is CC1Oc2ccccc2N(CCC(=O)OC(c2ccccc2)c2ccccn2)C1=O. The van der Waals surface area contributed by atoms with Crippen molar-refractivity contribution in [2.75, 3.05) is 11.4 Å². The Labute approximate surface area is 175 Å².